The fourth-order valence-corrected chi connectivity index (χ4v) is 4.43. The molecule has 1 unspecified atom stereocenters. The number of nitrogens with one attached hydrogen (secondary N) is 3. The summed E-state index contributed by atoms with van der Waals surface area (Å²) in [5.41, 5.74) is 11.8. The molecule has 36 heavy (non-hydrogen) atoms. The Labute approximate surface area is 209 Å². The van der Waals surface area contributed by atoms with Crippen LogP contribution in [-0.2, 0) is 11.3 Å². The predicted octanol–water partition coefficient (Wildman–Crippen LogP) is 3.76. The van der Waals surface area contributed by atoms with Crippen LogP contribution in [-0.4, -0.2) is 54.3 Å². The number of hydrogen-bond donors (Lipinski definition) is 3. The maximum atomic E-state index is 14.2. The largest absolute Gasteiger partial charge is 0.378 e. The van der Waals surface area contributed by atoms with Gasteiger partial charge in [0.1, 0.15) is 6.54 Å². The molecule has 4 heterocycles. The number of morpholine rings is 1. The first-order valence-electron chi connectivity index (χ1n) is 12.2. The lowest BCUT2D eigenvalue weighted by molar-refractivity contribution is 0.122. The van der Waals surface area contributed by atoms with Crippen LogP contribution in [0.15, 0.2) is 53.0 Å². The van der Waals surface area contributed by atoms with Crippen LogP contribution in [0.5, 0.6) is 0 Å². The van der Waals surface area contributed by atoms with E-state index in [1.54, 1.807) is 6.20 Å². The first-order chi connectivity index (χ1) is 17.7. The van der Waals surface area contributed by atoms with E-state index in [2.05, 4.69) is 66.5 Å². The second-order valence-electron chi connectivity index (χ2n) is 8.87. The monoisotopic (exact) mass is 491 g/mol. The van der Waals surface area contributed by atoms with Gasteiger partial charge in [0.15, 0.2) is 11.6 Å². The van der Waals surface area contributed by atoms with Crippen LogP contribution in [0.1, 0.15) is 29.2 Å². The maximum Gasteiger partial charge on any atom is 0.270 e. The highest BCUT2D eigenvalue weighted by atomic mass is 19.1. The number of benzene rings is 1. The number of rotatable bonds is 7. The molecule has 0 saturated carbocycles. The number of aromatic nitrogens is 3. The number of pyridine rings is 1. The molecule has 3 N–H and O–H groups in total. The van der Waals surface area contributed by atoms with Crippen molar-refractivity contribution in [3.05, 3.63) is 65.4 Å². The molecule has 2 fully saturated rings. The Kier molecular flexibility index (Phi) is 7.70. The second-order valence-corrected chi connectivity index (χ2v) is 8.87. The van der Waals surface area contributed by atoms with Crippen LogP contribution >= 0.6 is 0 Å². The molecule has 11 heteroatoms. The molecule has 0 amide bonds. The molecule has 10 nitrogen and oxygen atoms in total. The van der Waals surface area contributed by atoms with Crippen molar-refractivity contribution in [1.29, 1.82) is 0 Å². The lowest BCUT2D eigenvalue weighted by Crippen LogP contribution is -2.42. The van der Waals surface area contributed by atoms with Gasteiger partial charge >= 0.3 is 0 Å². The summed E-state index contributed by atoms with van der Waals surface area (Å²) in [6.07, 6.45) is 4.03. The van der Waals surface area contributed by atoms with E-state index < -0.39 is 5.82 Å². The summed E-state index contributed by atoms with van der Waals surface area (Å²) in [5, 5.41) is 11.6. The van der Waals surface area contributed by atoms with E-state index in [4.69, 9.17) is 4.74 Å². The Morgan fingerprint density at radius 3 is 2.72 bits per heavy atom. The number of hydrazine groups is 1. The van der Waals surface area contributed by atoms with Gasteiger partial charge in [-0.15, -0.1) is 5.11 Å². The smallest absolute Gasteiger partial charge is 0.270 e. The average molecular weight is 492 g/mol. The topological polar surface area (TPSA) is 112 Å². The molecule has 0 radical (unpaired) electrons. The number of nitrogens with zero attached hydrogens (tertiary/aromatic N) is 6. The van der Waals surface area contributed by atoms with Crippen molar-refractivity contribution in [2.45, 2.75) is 25.8 Å². The minimum Gasteiger partial charge on any atom is -0.378 e. The number of halogens is 1. The van der Waals surface area contributed by atoms with Crippen LogP contribution in [0.3, 0.4) is 0 Å². The van der Waals surface area contributed by atoms with Crippen molar-refractivity contribution in [3.8, 4) is 0 Å². The zero-order chi connectivity index (χ0) is 24.7. The standard InChI is InChI=1S/C25H30FN9O/c1-17-12-19(4-5-22(17)18-6-7-29-30-13-18)32-21-3-2-20(27-14-21)15-31-34-25-28-16-23(26)24(33-25)35-8-10-36-11-9-35/h2-5,12,14,16,18,29-30,32H,6-11,13,15H2,1H3. The van der Waals surface area contributed by atoms with Crippen LogP contribution < -0.4 is 21.1 Å². The minimum atomic E-state index is -0.478. The Hall–Kier alpha value is -3.54. The van der Waals surface area contributed by atoms with E-state index in [1.807, 2.05) is 17.0 Å². The van der Waals surface area contributed by atoms with Gasteiger partial charge in [0.05, 0.1) is 37.0 Å². The van der Waals surface area contributed by atoms with E-state index in [1.165, 1.54) is 11.1 Å². The molecule has 2 aliphatic rings. The van der Waals surface area contributed by atoms with E-state index in [0.717, 1.165) is 42.8 Å². The number of aryl methyl sites for hydroxylation is 1. The zero-order valence-electron chi connectivity index (χ0n) is 20.2. The van der Waals surface area contributed by atoms with Gasteiger partial charge < -0.3 is 15.0 Å². The molecule has 188 valence electrons. The lowest BCUT2D eigenvalue weighted by Gasteiger charge is -2.27. The quantitative estimate of drug-likeness (QED) is 0.429. The van der Waals surface area contributed by atoms with Gasteiger partial charge in [-0.1, -0.05) is 6.07 Å². The normalized spacial score (nSPS) is 18.5. The number of azo groups is 1. The molecule has 3 aromatic rings. The van der Waals surface area contributed by atoms with Crippen molar-refractivity contribution in [2.24, 2.45) is 10.2 Å². The van der Waals surface area contributed by atoms with Gasteiger partial charge in [0.2, 0.25) is 0 Å². The van der Waals surface area contributed by atoms with E-state index in [0.29, 0.717) is 32.2 Å². The molecule has 2 aromatic heterocycles. The number of hydrogen-bond acceptors (Lipinski definition) is 10. The van der Waals surface area contributed by atoms with Gasteiger partial charge in [-0.25, -0.2) is 9.37 Å². The van der Waals surface area contributed by atoms with Crippen LogP contribution in [0.4, 0.5) is 27.5 Å². The van der Waals surface area contributed by atoms with E-state index in [-0.39, 0.29) is 18.3 Å². The van der Waals surface area contributed by atoms with Crippen molar-refractivity contribution in [1.82, 2.24) is 25.8 Å². The van der Waals surface area contributed by atoms with Crippen LogP contribution in [0, 0.1) is 12.7 Å². The predicted molar refractivity (Wildman–Crippen MR) is 135 cm³/mol. The highest BCUT2D eigenvalue weighted by Crippen LogP contribution is 2.27. The number of anilines is 3. The fraction of sp³-hybridized carbons (Fsp3) is 0.400. The molecule has 2 aliphatic heterocycles. The highest BCUT2D eigenvalue weighted by Gasteiger charge is 2.18. The number of ether oxygens (including phenoxy) is 1. The van der Waals surface area contributed by atoms with E-state index >= 15 is 0 Å². The summed E-state index contributed by atoms with van der Waals surface area (Å²) < 4.78 is 19.5. The average Bonchev–Trinajstić information content (AvgIpc) is 2.92. The van der Waals surface area contributed by atoms with Crippen LogP contribution in [0.25, 0.3) is 0 Å². The fourth-order valence-electron chi connectivity index (χ4n) is 4.43. The Morgan fingerprint density at radius 2 is 1.97 bits per heavy atom. The summed E-state index contributed by atoms with van der Waals surface area (Å²) in [5.74, 6) is 0.400. The third-order valence-electron chi connectivity index (χ3n) is 6.33. The van der Waals surface area contributed by atoms with Crippen molar-refractivity contribution in [3.63, 3.8) is 0 Å². The first-order valence-corrected chi connectivity index (χ1v) is 12.2. The Balaban J connectivity index is 1.17. The molecule has 1 atom stereocenters. The molecule has 1 aromatic carbocycles. The van der Waals surface area contributed by atoms with Gasteiger partial charge in [-0.3, -0.25) is 15.8 Å². The molecule has 0 bridgehead atoms. The van der Waals surface area contributed by atoms with Gasteiger partial charge in [-0.2, -0.15) is 10.1 Å². The summed E-state index contributed by atoms with van der Waals surface area (Å²) in [4.78, 5) is 14.4. The SMILES string of the molecule is Cc1cc(Nc2ccc(CN=Nc3ncc(F)c(N4CCOCC4)n3)nc2)ccc1C1CCNNC1. The third kappa shape index (κ3) is 5.99. The van der Waals surface area contributed by atoms with Crippen LogP contribution in [0.2, 0.25) is 0 Å². The molecular weight excluding hydrogens is 461 g/mol. The summed E-state index contributed by atoms with van der Waals surface area (Å²) in [6.45, 7) is 6.58. The van der Waals surface area contributed by atoms with Crippen molar-refractivity contribution < 1.29 is 9.13 Å². The van der Waals surface area contributed by atoms with Crippen molar-refractivity contribution in [2.75, 3.05) is 49.6 Å². The summed E-state index contributed by atoms with van der Waals surface area (Å²) in [6, 6.07) is 10.4. The lowest BCUT2D eigenvalue weighted by atomic mass is 9.91. The zero-order valence-corrected chi connectivity index (χ0v) is 20.2. The minimum absolute atomic E-state index is 0.121. The van der Waals surface area contributed by atoms with Gasteiger partial charge in [0, 0.05) is 31.9 Å². The molecule has 5 rings (SSSR count). The van der Waals surface area contributed by atoms with E-state index in [9.17, 15) is 4.39 Å². The molecular formula is C25H30FN9O. The highest BCUT2D eigenvalue weighted by molar-refractivity contribution is 5.60. The Bertz CT molecular complexity index is 1190. The Morgan fingerprint density at radius 1 is 1.11 bits per heavy atom. The molecule has 2 saturated heterocycles. The van der Waals surface area contributed by atoms with Gasteiger partial charge in [0.25, 0.3) is 5.95 Å². The summed E-state index contributed by atoms with van der Waals surface area (Å²) >= 11 is 0. The summed E-state index contributed by atoms with van der Waals surface area (Å²) in [7, 11) is 0. The first kappa shape index (κ1) is 24.2. The van der Waals surface area contributed by atoms with Crippen molar-refractivity contribution >= 4 is 23.1 Å². The molecule has 0 spiro atoms. The maximum absolute atomic E-state index is 14.2. The molecule has 0 aliphatic carbocycles. The second kappa shape index (κ2) is 11.5. The van der Waals surface area contributed by atoms with Gasteiger partial charge in [-0.05, 0) is 54.7 Å². The third-order valence-corrected chi connectivity index (χ3v) is 6.33.